The van der Waals surface area contributed by atoms with E-state index in [9.17, 15) is 9.59 Å². The first-order valence-corrected chi connectivity index (χ1v) is 11.3. The van der Waals surface area contributed by atoms with Crippen LogP contribution in [0.4, 0.5) is 5.69 Å². The summed E-state index contributed by atoms with van der Waals surface area (Å²) < 4.78 is 0.557. The molecule has 2 aromatic rings. The second-order valence-electron chi connectivity index (χ2n) is 6.56. The lowest BCUT2D eigenvalue weighted by atomic mass is 10.1. The van der Waals surface area contributed by atoms with E-state index in [2.05, 4.69) is 10.6 Å². The van der Waals surface area contributed by atoms with Crippen LogP contribution < -0.4 is 10.6 Å². The van der Waals surface area contributed by atoms with Gasteiger partial charge in [0.05, 0.1) is 25.6 Å². The third kappa shape index (κ3) is 6.84. The molecule has 1 aromatic heterocycles. The second kappa shape index (κ2) is 11.5. The van der Waals surface area contributed by atoms with Crippen molar-refractivity contribution in [3.05, 3.63) is 55.2 Å². The number of hydrogen-bond acceptors (Lipinski definition) is 5. The number of halogens is 3. The molecule has 1 aromatic carbocycles. The van der Waals surface area contributed by atoms with Gasteiger partial charge in [0.1, 0.15) is 5.71 Å². The minimum absolute atomic E-state index is 0.252. The van der Waals surface area contributed by atoms with E-state index in [-0.39, 0.29) is 18.0 Å². The van der Waals surface area contributed by atoms with Crippen LogP contribution in [-0.2, 0) is 9.59 Å². The van der Waals surface area contributed by atoms with Crippen molar-refractivity contribution in [2.75, 3.05) is 5.32 Å². The van der Waals surface area contributed by atoms with Crippen molar-refractivity contribution >= 4 is 75.1 Å². The third-order valence-electron chi connectivity index (χ3n) is 4.25. The van der Waals surface area contributed by atoms with Gasteiger partial charge in [0.2, 0.25) is 5.91 Å². The largest absolute Gasteiger partial charge is 0.353 e. The van der Waals surface area contributed by atoms with Gasteiger partial charge >= 0.3 is 0 Å². The quantitative estimate of drug-likeness (QED) is 0.269. The molecule has 1 heterocycles. The number of imide groups is 1. The number of carbonyl (C=O) groups excluding carboxylic acids is 2. The molecule has 0 spiro atoms. The average Bonchev–Trinajstić information content (AvgIpc) is 3.12. The number of rotatable bonds is 9. The maximum absolute atomic E-state index is 12.4. The van der Waals surface area contributed by atoms with Crippen LogP contribution in [0.25, 0.3) is 5.70 Å². The summed E-state index contributed by atoms with van der Waals surface area (Å²) in [4.78, 5) is 25.1. The van der Waals surface area contributed by atoms with Crippen LogP contribution in [-0.4, -0.2) is 17.5 Å². The summed E-state index contributed by atoms with van der Waals surface area (Å²) in [7, 11) is 0. The van der Waals surface area contributed by atoms with E-state index < -0.39 is 5.91 Å². The first-order valence-electron chi connectivity index (χ1n) is 9.34. The lowest BCUT2D eigenvalue weighted by molar-refractivity contribution is -0.127. The monoisotopic (exact) mass is 485 g/mol. The summed E-state index contributed by atoms with van der Waals surface area (Å²) in [6.07, 6.45) is 2.84. The Morgan fingerprint density at radius 1 is 1.10 bits per heavy atom. The second-order valence-corrected chi connectivity index (χ2v) is 9.12. The van der Waals surface area contributed by atoms with E-state index in [1.165, 1.54) is 11.3 Å². The number of amides is 2. The fraction of sp³-hybridized carbons (Fsp3) is 0.286. The fourth-order valence-corrected chi connectivity index (χ4v) is 4.15. The van der Waals surface area contributed by atoms with Crippen molar-refractivity contribution < 1.29 is 9.59 Å². The summed E-state index contributed by atoms with van der Waals surface area (Å²) in [5, 5.41) is 14.6. The number of unbranched alkanes of at least 4 members (excludes halogenated alkanes) is 2. The van der Waals surface area contributed by atoms with Crippen LogP contribution in [0.2, 0.25) is 14.4 Å². The molecule has 0 atom stereocenters. The van der Waals surface area contributed by atoms with Crippen LogP contribution in [0, 0.1) is 5.41 Å². The lowest BCUT2D eigenvalue weighted by Crippen LogP contribution is -2.36. The van der Waals surface area contributed by atoms with Gasteiger partial charge in [-0.05, 0) is 43.7 Å². The van der Waals surface area contributed by atoms with Gasteiger partial charge in [-0.3, -0.25) is 20.3 Å². The van der Waals surface area contributed by atoms with Crippen molar-refractivity contribution in [1.29, 1.82) is 5.41 Å². The Labute approximate surface area is 194 Å². The molecule has 0 aliphatic rings. The highest BCUT2D eigenvalue weighted by Crippen LogP contribution is 2.34. The van der Waals surface area contributed by atoms with Crippen LogP contribution in [0.5, 0.6) is 0 Å². The van der Waals surface area contributed by atoms with Gasteiger partial charge in [0.15, 0.2) is 0 Å². The van der Waals surface area contributed by atoms with E-state index in [0.29, 0.717) is 37.8 Å². The zero-order chi connectivity index (χ0) is 22.3. The van der Waals surface area contributed by atoms with E-state index >= 15 is 0 Å². The molecule has 0 saturated heterocycles. The lowest BCUT2D eigenvalue weighted by Gasteiger charge is -2.16. The Morgan fingerprint density at radius 3 is 2.43 bits per heavy atom. The van der Waals surface area contributed by atoms with Crippen LogP contribution in [0.15, 0.2) is 35.9 Å². The van der Waals surface area contributed by atoms with Gasteiger partial charge < -0.3 is 5.32 Å². The minimum Gasteiger partial charge on any atom is -0.353 e. The molecule has 0 aliphatic heterocycles. The highest BCUT2D eigenvalue weighted by molar-refractivity contribution is 7.17. The Bertz CT molecular complexity index is 986. The number of anilines is 1. The molecule has 30 heavy (non-hydrogen) atoms. The molecule has 0 fully saturated rings. The summed E-state index contributed by atoms with van der Waals surface area (Å²) in [5.41, 5.74) is 1.08. The van der Waals surface area contributed by atoms with Gasteiger partial charge in [0.25, 0.3) is 5.91 Å². The molecule has 0 radical (unpaired) electrons. The highest BCUT2D eigenvalue weighted by Gasteiger charge is 2.20. The van der Waals surface area contributed by atoms with Gasteiger partial charge in [-0.1, -0.05) is 54.6 Å². The summed E-state index contributed by atoms with van der Waals surface area (Å²) in [5.74, 6) is -1.14. The van der Waals surface area contributed by atoms with E-state index in [1.807, 2.05) is 6.92 Å². The number of benzene rings is 1. The molecule has 0 aliphatic carbocycles. The Morgan fingerprint density at radius 2 is 1.83 bits per heavy atom. The molecule has 0 unspecified atom stereocenters. The SMILES string of the molecule is CCCCCC(=O)NC(=O)C(=N)/C(C)=C(\Nc1ccc(Cl)cc1Cl)c1ccc(Cl)s1. The summed E-state index contributed by atoms with van der Waals surface area (Å²) in [6.45, 7) is 3.66. The molecule has 2 amide bonds. The fourth-order valence-electron chi connectivity index (χ4n) is 2.60. The number of thiophene rings is 1. The summed E-state index contributed by atoms with van der Waals surface area (Å²) in [6, 6.07) is 8.47. The number of carbonyl (C=O) groups is 2. The van der Waals surface area contributed by atoms with Gasteiger partial charge in [-0.2, -0.15) is 0 Å². The highest BCUT2D eigenvalue weighted by atomic mass is 35.5. The topological polar surface area (TPSA) is 82.1 Å². The van der Waals surface area contributed by atoms with E-state index in [0.717, 1.165) is 17.7 Å². The zero-order valence-corrected chi connectivity index (χ0v) is 19.7. The molecule has 3 N–H and O–H groups in total. The summed E-state index contributed by atoms with van der Waals surface area (Å²) >= 11 is 19.6. The van der Waals surface area contributed by atoms with E-state index in [4.69, 9.17) is 40.2 Å². The molecule has 0 saturated carbocycles. The Hall–Kier alpha value is -1.86. The Kier molecular flexibility index (Phi) is 9.37. The first kappa shape index (κ1) is 24.4. The van der Waals surface area contributed by atoms with Crippen molar-refractivity contribution in [2.24, 2.45) is 0 Å². The molecule has 2 rings (SSSR count). The van der Waals surface area contributed by atoms with Crippen LogP contribution >= 0.6 is 46.1 Å². The van der Waals surface area contributed by atoms with Crippen molar-refractivity contribution in [1.82, 2.24) is 5.32 Å². The maximum atomic E-state index is 12.4. The molecule has 9 heteroatoms. The molecule has 5 nitrogen and oxygen atoms in total. The average molecular weight is 487 g/mol. The third-order valence-corrected chi connectivity index (χ3v) is 6.04. The maximum Gasteiger partial charge on any atom is 0.276 e. The predicted molar refractivity (Wildman–Crippen MR) is 127 cm³/mol. The van der Waals surface area contributed by atoms with Gasteiger partial charge in [0, 0.05) is 17.0 Å². The molecule has 0 bridgehead atoms. The minimum atomic E-state index is -0.752. The number of hydrogen-bond donors (Lipinski definition) is 3. The smallest absolute Gasteiger partial charge is 0.276 e. The van der Waals surface area contributed by atoms with E-state index in [1.54, 1.807) is 37.3 Å². The van der Waals surface area contributed by atoms with Crippen LogP contribution in [0.3, 0.4) is 0 Å². The van der Waals surface area contributed by atoms with Gasteiger partial charge in [-0.15, -0.1) is 11.3 Å². The zero-order valence-electron chi connectivity index (χ0n) is 16.6. The van der Waals surface area contributed by atoms with Gasteiger partial charge in [-0.25, -0.2) is 0 Å². The normalized spacial score (nSPS) is 11.6. The molecular weight excluding hydrogens is 465 g/mol. The molecular formula is C21H22Cl3N3O2S. The standard InChI is InChI=1S/C21H22Cl3N3O2S/c1-3-4-5-6-18(28)27-21(29)19(25)12(2)20(16-9-10-17(24)30-16)26-15-8-7-13(22)11-14(15)23/h7-11,25-26H,3-6H2,1-2H3,(H,27,28,29)/b20-12-,25-19?. The number of nitrogens with one attached hydrogen (secondary N) is 3. The first-order chi connectivity index (χ1) is 14.2. The Balaban J connectivity index is 2.29. The van der Waals surface area contributed by atoms with Crippen molar-refractivity contribution in [3.63, 3.8) is 0 Å². The predicted octanol–water partition coefficient (Wildman–Crippen LogP) is 6.79. The van der Waals surface area contributed by atoms with Crippen molar-refractivity contribution in [3.8, 4) is 0 Å². The molecule has 160 valence electrons. The van der Waals surface area contributed by atoms with Crippen LogP contribution in [0.1, 0.15) is 44.4 Å². The van der Waals surface area contributed by atoms with Crippen molar-refractivity contribution in [2.45, 2.75) is 39.5 Å².